The first-order valence-electron chi connectivity index (χ1n) is 10.6. The third kappa shape index (κ3) is 5.60. The van der Waals surface area contributed by atoms with Crippen LogP contribution >= 0.6 is 0 Å². The summed E-state index contributed by atoms with van der Waals surface area (Å²) in [6, 6.07) is 11.6. The molecule has 28 heavy (non-hydrogen) atoms. The van der Waals surface area contributed by atoms with E-state index in [1.54, 1.807) is 4.90 Å². The van der Waals surface area contributed by atoms with Crippen molar-refractivity contribution in [1.82, 2.24) is 4.90 Å². The molecule has 1 heterocycles. The fraction of sp³-hybridized carbons (Fsp3) is 0.696. The van der Waals surface area contributed by atoms with Gasteiger partial charge in [0.1, 0.15) is 11.3 Å². The molecule has 2 atom stereocenters. The lowest BCUT2D eigenvalue weighted by molar-refractivity contribution is -0.0624. The first-order valence-corrected chi connectivity index (χ1v) is 12.6. The number of ether oxygens (including phenoxy) is 2. The Labute approximate surface area is 173 Å². The van der Waals surface area contributed by atoms with Gasteiger partial charge < -0.3 is 9.47 Å². The Hall–Kier alpha value is -1.33. The minimum absolute atomic E-state index is 0.0148. The molecular weight excluding hydrogens is 366 g/mol. The van der Waals surface area contributed by atoms with E-state index in [9.17, 15) is 4.79 Å². The van der Waals surface area contributed by atoms with Gasteiger partial charge in [0.2, 0.25) is 0 Å². The zero-order valence-electron chi connectivity index (χ0n) is 19.0. The van der Waals surface area contributed by atoms with Crippen LogP contribution in [-0.4, -0.2) is 43.8 Å². The van der Waals surface area contributed by atoms with Crippen LogP contribution in [0.25, 0.3) is 0 Å². The molecule has 4 nitrogen and oxygen atoms in total. The first kappa shape index (κ1) is 23.0. The summed E-state index contributed by atoms with van der Waals surface area (Å²) in [5.41, 5.74) is 2.17. The Balaban J connectivity index is 2.12. The average Bonchev–Trinajstić information content (AvgIpc) is 2.89. The van der Waals surface area contributed by atoms with E-state index in [1.807, 2.05) is 34.6 Å². The summed E-state index contributed by atoms with van der Waals surface area (Å²) in [4.78, 5) is 14.6. The average molecular weight is 405 g/mol. The highest BCUT2D eigenvalue weighted by molar-refractivity contribution is 6.60. The van der Waals surface area contributed by atoms with Gasteiger partial charge in [-0.05, 0) is 57.7 Å². The fourth-order valence-corrected chi connectivity index (χ4v) is 6.42. The van der Waals surface area contributed by atoms with Gasteiger partial charge in [0.15, 0.2) is 0 Å². The maximum atomic E-state index is 12.8. The molecular formula is C23H38NO3Si. The van der Waals surface area contributed by atoms with Gasteiger partial charge in [0.05, 0.1) is 21.4 Å². The van der Waals surface area contributed by atoms with Crippen molar-refractivity contribution in [3.63, 3.8) is 0 Å². The standard InChI is InChI=1S/C23H38NO3Si/c1-9-28(10-2)17(3)19-13-11-18(12-14-19)15-20-16-26-23(7,8)24(20)21(25)27-22(4,5)6/h11-14,17,20H,9-10,15-16H2,1-8H3/t17?,20-/m1/s1. The van der Waals surface area contributed by atoms with Crippen molar-refractivity contribution in [3.8, 4) is 0 Å². The monoisotopic (exact) mass is 404 g/mol. The Morgan fingerprint density at radius 2 is 1.82 bits per heavy atom. The van der Waals surface area contributed by atoms with Crippen LogP contribution < -0.4 is 0 Å². The Morgan fingerprint density at radius 1 is 1.25 bits per heavy atom. The molecule has 0 aliphatic carbocycles. The molecule has 2 rings (SSSR count). The van der Waals surface area contributed by atoms with Gasteiger partial charge in [-0.15, -0.1) is 0 Å². The van der Waals surface area contributed by atoms with Crippen LogP contribution in [0.15, 0.2) is 24.3 Å². The maximum absolute atomic E-state index is 12.8. The lowest BCUT2D eigenvalue weighted by atomic mass is 10.0. The molecule has 0 N–H and O–H groups in total. The molecule has 1 fully saturated rings. The van der Waals surface area contributed by atoms with Crippen LogP contribution in [0.1, 0.15) is 72.1 Å². The van der Waals surface area contributed by atoms with Crippen molar-refractivity contribution >= 4 is 14.9 Å². The van der Waals surface area contributed by atoms with Crippen molar-refractivity contribution in [1.29, 1.82) is 0 Å². The van der Waals surface area contributed by atoms with Crippen molar-refractivity contribution in [2.75, 3.05) is 6.61 Å². The predicted molar refractivity (Wildman–Crippen MR) is 117 cm³/mol. The molecule has 1 unspecified atom stereocenters. The Bertz CT molecular complexity index is 647. The summed E-state index contributed by atoms with van der Waals surface area (Å²) >= 11 is 0. The molecule has 157 valence electrons. The number of amides is 1. The van der Waals surface area contributed by atoms with Crippen LogP contribution in [0.3, 0.4) is 0 Å². The second-order valence-electron chi connectivity index (χ2n) is 9.29. The van der Waals surface area contributed by atoms with Gasteiger partial charge in [0, 0.05) is 0 Å². The molecule has 1 aromatic carbocycles. The molecule has 0 saturated carbocycles. The quantitative estimate of drug-likeness (QED) is 0.564. The molecule has 0 aromatic heterocycles. The van der Waals surface area contributed by atoms with Crippen LogP contribution in [0.2, 0.25) is 12.1 Å². The van der Waals surface area contributed by atoms with Gasteiger partial charge >= 0.3 is 6.09 Å². The first-order chi connectivity index (χ1) is 13.0. The molecule has 1 aliphatic heterocycles. The summed E-state index contributed by atoms with van der Waals surface area (Å²) in [6.07, 6.45) is 0.472. The van der Waals surface area contributed by atoms with Crippen molar-refractivity contribution in [3.05, 3.63) is 35.4 Å². The third-order valence-electron chi connectivity index (χ3n) is 5.64. The summed E-state index contributed by atoms with van der Waals surface area (Å²) in [5, 5.41) is 0. The largest absolute Gasteiger partial charge is 0.444 e. The summed E-state index contributed by atoms with van der Waals surface area (Å²) < 4.78 is 11.6. The van der Waals surface area contributed by atoms with E-state index in [0.717, 1.165) is 6.42 Å². The van der Waals surface area contributed by atoms with Gasteiger partial charge in [-0.1, -0.05) is 57.1 Å². The second kappa shape index (κ2) is 9.00. The Kier molecular flexibility index (Phi) is 7.37. The zero-order chi connectivity index (χ0) is 21.1. The van der Waals surface area contributed by atoms with E-state index < -0.39 is 11.3 Å². The molecule has 1 aromatic rings. The summed E-state index contributed by atoms with van der Waals surface area (Å²) in [5.74, 6) is 0. The number of carbonyl (C=O) groups excluding carboxylic acids is 1. The number of benzene rings is 1. The normalized spacial score (nSPS) is 20.5. The van der Waals surface area contributed by atoms with Crippen LogP contribution in [0, 0.1) is 0 Å². The topological polar surface area (TPSA) is 38.8 Å². The van der Waals surface area contributed by atoms with Crippen LogP contribution in [-0.2, 0) is 15.9 Å². The SMILES string of the molecule is CC[Si](CC)C(C)c1ccc(C[C@@H]2COC(C)(C)N2C(=O)OC(C)(C)C)cc1. The minimum Gasteiger partial charge on any atom is -0.444 e. The molecule has 0 spiro atoms. The van der Waals surface area contributed by atoms with Gasteiger partial charge in [-0.25, -0.2) is 4.79 Å². The fourth-order valence-electron chi connectivity index (χ4n) is 4.03. The number of carbonyl (C=O) groups is 1. The van der Waals surface area contributed by atoms with Gasteiger partial charge in [-0.2, -0.15) is 0 Å². The van der Waals surface area contributed by atoms with E-state index >= 15 is 0 Å². The van der Waals surface area contributed by atoms with E-state index in [2.05, 4.69) is 45.0 Å². The van der Waals surface area contributed by atoms with Crippen molar-refractivity contribution in [2.45, 2.75) is 96.8 Å². The number of hydrogen-bond acceptors (Lipinski definition) is 3. The maximum Gasteiger partial charge on any atom is 0.412 e. The smallest absolute Gasteiger partial charge is 0.412 e. The van der Waals surface area contributed by atoms with Crippen molar-refractivity contribution < 1.29 is 14.3 Å². The molecule has 1 aliphatic rings. The van der Waals surface area contributed by atoms with Gasteiger partial charge in [0.25, 0.3) is 0 Å². The zero-order valence-corrected chi connectivity index (χ0v) is 20.0. The van der Waals surface area contributed by atoms with Crippen LogP contribution in [0.5, 0.6) is 0 Å². The van der Waals surface area contributed by atoms with E-state index in [4.69, 9.17) is 9.47 Å². The number of hydrogen-bond donors (Lipinski definition) is 0. The predicted octanol–water partition coefficient (Wildman–Crippen LogP) is 5.78. The summed E-state index contributed by atoms with van der Waals surface area (Å²) in [6.45, 7) is 17.1. The lowest BCUT2D eigenvalue weighted by Crippen LogP contribution is -2.50. The third-order valence-corrected chi connectivity index (χ3v) is 9.01. The minimum atomic E-state index is -0.652. The van der Waals surface area contributed by atoms with Crippen molar-refractivity contribution in [2.24, 2.45) is 0 Å². The molecule has 1 saturated heterocycles. The van der Waals surface area contributed by atoms with E-state index in [-0.39, 0.29) is 20.9 Å². The van der Waals surface area contributed by atoms with Gasteiger partial charge in [-0.3, -0.25) is 4.90 Å². The summed E-state index contributed by atoms with van der Waals surface area (Å²) in [7, 11) is -0.329. The molecule has 5 heteroatoms. The van der Waals surface area contributed by atoms with E-state index in [0.29, 0.717) is 12.1 Å². The molecule has 0 bridgehead atoms. The second-order valence-corrected chi connectivity index (χ2v) is 12.9. The highest BCUT2D eigenvalue weighted by Gasteiger charge is 2.45. The molecule has 1 radical (unpaired) electrons. The van der Waals surface area contributed by atoms with Crippen LogP contribution in [0.4, 0.5) is 4.79 Å². The Morgan fingerprint density at radius 3 is 2.32 bits per heavy atom. The number of rotatable bonds is 6. The number of nitrogens with zero attached hydrogens (tertiary/aromatic N) is 1. The van der Waals surface area contributed by atoms with E-state index in [1.165, 1.54) is 23.2 Å². The highest BCUT2D eigenvalue weighted by atomic mass is 28.3. The highest BCUT2D eigenvalue weighted by Crippen LogP contribution is 2.31. The molecule has 1 amide bonds. The lowest BCUT2D eigenvalue weighted by Gasteiger charge is -2.35.